The molecule has 0 saturated carbocycles. The van der Waals surface area contributed by atoms with Crippen molar-refractivity contribution in [2.75, 3.05) is 38.5 Å². The molecule has 154 valence electrons. The Hall–Kier alpha value is -2.32. The summed E-state index contributed by atoms with van der Waals surface area (Å²) in [5.74, 6) is 2.17. The van der Waals surface area contributed by atoms with Crippen LogP contribution in [0.4, 0.5) is 5.82 Å². The maximum atomic E-state index is 12.3. The third-order valence-corrected chi connectivity index (χ3v) is 5.92. The second kappa shape index (κ2) is 9.00. The zero-order valence-corrected chi connectivity index (χ0v) is 17.7. The Morgan fingerprint density at radius 1 is 1.28 bits per heavy atom. The van der Waals surface area contributed by atoms with Crippen LogP contribution in [0.15, 0.2) is 41.0 Å². The fourth-order valence-electron chi connectivity index (χ4n) is 3.78. The van der Waals surface area contributed by atoms with Gasteiger partial charge in [-0.3, -0.25) is 9.69 Å². The lowest BCUT2D eigenvalue weighted by molar-refractivity contribution is 0.0476. The first-order chi connectivity index (χ1) is 14.1. The number of nitrogens with one attached hydrogen (secondary N) is 1. The van der Waals surface area contributed by atoms with Gasteiger partial charge in [-0.2, -0.15) is 0 Å². The maximum Gasteiger partial charge on any atom is 0.255 e. The van der Waals surface area contributed by atoms with Crippen molar-refractivity contribution in [3.05, 3.63) is 46.6 Å². The molecule has 1 fully saturated rings. The van der Waals surface area contributed by atoms with E-state index in [0.29, 0.717) is 24.6 Å². The van der Waals surface area contributed by atoms with Gasteiger partial charge in [0.25, 0.3) is 5.91 Å². The van der Waals surface area contributed by atoms with Gasteiger partial charge in [-0.25, -0.2) is 4.98 Å². The van der Waals surface area contributed by atoms with Crippen LogP contribution in [0.1, 0.15) is 23.2 Å². The van der Waals surface area contributed by atoms with E-state index in [1.807, 2.05) is 18.2 Å². The summed E-state index contributed by atoms with van der Waals surface area (Å²) in [6.45, 7) is 4.04. The Morgan fingerprint density at radius 2 is 2.10 bits per heavy atom. The number of likely N-dealkylation sites (tertiary alicyclic amines) is 1. The maximum absolute atomic E-state index is 12.3. The number of amides is 1. The lowest BCUT2D eigenvalue weighted by atomic mass is 9.96. The molecule has 1 aromatic carbocycles. The molecule has 2 aromatic rings. The molecule has 29 heavy (non-hydrogen) atoms. The van der Waals surface area contributed by atoms with Crippen molar-refractivity contribution in [1.82, 2.24) is 15.2 Å². The van der Waals surface area contributed by atoms with E-state index in [4.69, 9.17) is 15.2 Å². The number of carbonyl (C=O) groups excluding carboxylic acids is 1. The van der Waals surface area contributed by atoms with Gasteiger partial charge in [-0.15, -0.1) is 0 Å². The number of nitrogen functional groups attached to an aromatic ring is 1. The number of nitrogens with zero attached hydrogens (tertiary/aromatic N) is 2. The highest BCUT2D eigenvalue weighted by Crippen LogP contribution is 2.34. The first-order valence-corrected chi connectivity index (χ1v) is 10.7. The Labute approximate surface area is 178 Å². The van der Waals surface area contributed by atoms with Crippen LogP contribution in [0.2, 0.25) is 0 Å². The molecule has 4 rings (SSSR count). The number of carbonyl (C=O) groups is 1. The van der Waals surface area contributed by atoms with Gasteiger partial charge >= 0.3 is 0 Å². The number of anilines is 1. The summed E-state index contributed by atoms with van der Waals surface area (Å²) in [7, 11) is 0. The normalized spacial score (nSPS) is 19.7. The molecule has 0 aliphatic carbocycles. The number of halogens is 1. The number of rotatable bonds is 5. The molecule has 2 aliphatic rings. The molecule has 0 spiro atoms. The van der Waals surface area contributed by atoms with Crippen molar-refractivity contribution in [1.29, 1.82) is 0 Å². The van der Waals surface area contributed by atoms with E-state index in [1.54, 1.807) is 18.3 Å². The summed E-state index contributed by atoms with van der Waals surface area (Å²) >= 11 is 3.47. The molecule has 0 radical (unpaired) electrons. The van der Waals surface area contributed by atoms with Crippen LogP contribution in [-0.2, 0) is 0 Å². The molecule has 8 heteroatoms. The zero-order valence-electron chi connectivity index (χ0n) is 16.1. The van der Waals surface area contributed by atoms with Gasteiger partial charge in [-0.1, -0.05) is 15.9 Å². The fraction of sp³-hybridized carbons (Fsp3) is 0.429. The lowest BCUT2D eigenvalue weighted by Crippen LogP contribution is -2.45. The van der Waals surface area contributed by atoms with Crippen LogP contribution in [-0.4, -0.2) is 54.7 Å². The fourth-order valence-corrected chi connectivity index (χ4v) is 4.12. The Bertz CT molecular complexity index is 871. The summed E-state index contributed by atoms with van der Waals surface area (Å²) < 4.78 is 12.9. The monoisotopic (exact) mass is 460 g/mol. The van der Waals surface area contributed by atoms with Crippen LogP contribution in [0, 0.1) is 5.92 Å². The number of hydrogen-bond donors (Lipinski definition) is 2. The molecular formula is C21H25BrN4O3. The van der Waals surface area contributed by atoms with E-state index in [2.05, 4.69) is 31.1 Å². The third kappa shape index (κ3) is 5.00. The van der Waals surface area contributed by atoms with Gasteiger partial charge in [0.1, 0.15) is 18.5 Å². The van der Waals surface area contributed by atoms with Crippen molar-refractivity contribution < 1.29 is 14.3 Å². The highest BCUT2D eigenvalue weighted by molar-refractivity contribution is 9.10. The van der Waals surface area contributed by atoms with Crippen LogP contribution in [0.25, 0.3) is 0 Å². The largest absolute Gasteiger partial charge is 0.486 e. The number of ether oxygens (including phenoxy) is 2. The smallest absolute Gasteiger partial charge is 0.255 e. The molecule has 0 bridgehead atoms. The van der Waals surface area contributed by atoms with Crippen molar-refractivity contribution >= 4 is 27.7 Å². The summed E-state index contributed by atoms with van der Waals surface area (Å²) in [6.07, 6.45) is 3.69. The average molecular weight is 461 g/mol. The number of nitrogens with two attached hydrogens (primary N) is 1. The molecule has 7 nitrogen and oxygen atoms in total. The number of piperidine rings is 1. The molecule has 0 unspecified atom stereocenters. The summed E-state index contributed by atoms with van der Waals surface area (Å²) in [6, 6.07) is 9.25. The van der Waals surface area contributed by atoms with Crippen LogP contribution >= 0.6 is 15.9 Å². The van der Waals surface area contributed by atoms with Crippen LogP contribution < -0.4 is 20.5 Å². The van der Waals surface area contributed by atoms with Crippen molar-refractivity contribution in [2.24, 2.45) is 5.92 Å². The molecule has 1 atom stereocenters. The van der Waals surface area contributed by atoms with E-state index in [9.17, 15) is 4.79 Å². The molecule has 2 aliphatic heterocycles. The second-order valence-corrected chi connectivity index (χ2v) is 8.45. The molecule has 3 heterocycles. The van der Waals surface area contributed by atoms with Gasteiger partial charge in [-0.05, 0) is 62.2 Å². The third-order valence-electron chi connectivity index (χ3n) is 5.43. The summed E-state index contributed by atoms with van der Waals surface area (Å²) in [4.78, 5) is 18.7. The van der Waals surface area contributed by atoms with Gasteiger partial charge in [0, 0.05) is 23.8 Å². The lowest BCUT2D eigenvalue weighted by Gasteiger charge is -2.35. The highest BCUT2D eigenvalue weighted by atomic mass is 79.9. The van der Waals surface area contributed by atoms with Crippen molar-refractivity contribution in [3.8, 4) is 11.5 Å². The van der Waals surface area contributed by atoms with E-state index >= 15 is 0 Å². The quantitative estimate of drug-likeness (QED) is 0.712. The summed E-state index contributed by atoms with van der Waals surface area (Å²) in [5.41, 5.74) is 6.21. The molecule has 1 amide bonds. The number of pyridine rings is 1. The van der Waals surface area contributed by atoms with E-state index in [0.717, 1.165) is 48.4 Å². The van der Waals surface area contributed by atoms with Crippen molar-refractivity contribution in [2.45, 2.75) is 18.9 Å². The first-order valence-electron chi connectivity index (χ1n) is 9.88. The average Bonchev–Trinajstić information content (AvgIpc) is 2.73. The van der Waals surface area contributed by atoms with Gasteiger partial charge in [0.15, 0.2) is 11.5 Å². The Morgan fingerprint density at radius 3 is 2.90 bits per heavy atom. The number of fused-ring (bicyclic) bond motifs is 1. The first kappa shape index (κ1) is 20.0. The van der Waals surface area contributed by atoms with Crippen molar-refractivity contribution in [3.63, 3.8) is 0 Å². The minimum Gasteiger partial charge on any atom is -0.486 e. The minimum absolute atomic E-state index is 0.0293. The highest BCUT2D eigenvalue weighted by Gasteiger charge is 2.26. The summed E-state index contributed by atoms with van der Waals surface area (Å²) in [5, 5.41) is 3.00. The molecule has 1 aromatic heterocycles. The Balaban J connectivity index is 1.21. The van der Waals surface area contributed by atoms with Gasteiger partial charge in [0.2, 0.25) is 0 Å². The van der Waals surface area contributed by atoms with E-state index in [-0.39, 0.29) is 17.8 Å². The Kier molecular flexibility index (Phi) is 6.20. The topological polar surface area (TPSA) is 89.7 Å². The molecular weight excluding hydrogens is 436 g/mol. The standard InChI is InChI=1S/C21H25BrN4O3/c22-15-3-4-18-19(10-15)29-16(13-28-18)12-26-8-5-14(6-9-26)11-25-21(27)17-2-1-7-24-20(17)23/h1-4,7,10,14,16H,5-6,8-9,11-13H2,(H2,23,24)(H,25,27)/t16-/m0/s1. The zero-order chi connectivity index (χ0) is 20.2. The predicted octanol–water partition coefficient (Wildman–Crippen LogP) is 2.71. The SMILES string of the molecule is Nc1ncccc1C(=O)NCC1CCN(C[C@H]2COc3ccc(Br)cc3O2)CC1. The second-order valence-electron chi connectivity index (χ2n) is 7.53. The number of aromatic nitrogens is 1. The van der Waals surface area contributed by atoms with Gasteiger partial charge in [0.05, 0.1) is 5.56 Å². The molecule has 3 N–H and O–H groups in total. The van der Waals surface area contributed by atoms with Crippen LogP contribution in [0.3, 0.4) is 0 Å². The number of hydrogen-bond acceptors (Lipinski definition) is 6. The predicted molar refractivity (Wildman–Crippen MR) is 114 cm³/mol. The number of benzene rings is 1. The van der Waals surface area contributed by atoms with Crippen LogP contribution in [0.5, 0.6) is 11.5 Å². The minimum atomic E-state index is -0.157. The molecule has 1 saturated heterocycles. The van der Waals surface area contributed by atoms with Gasteiger partial charge < -0.3 is 20.5 Å². The van der Waals surface area contributed by atoms with E-state index < -0.39 is 0 Å². The van der Waals surface area contributed by atoms with E-state index in [1.165, 1.54) is 0 Å².